The predicted octanol–water partition coefficient (Wildman–Crippen LogP) is 4.27. The van der Waals surface area contributed by atoms with Crippen molar-refractivity contribution >= 4 is 26.3 Å². The quantitative estimate of drug-likeness (QED) is 0.290. The van der Waals surface area contributed by atoms with Gasteiger partial charge < -0.3 is 0 Å². The third kappa shape index (κ3) is 6.62. The summed E-state index contributed by atoms with van der Waals surface area (Å²) in [5.74, 6) is 0.686. The molecule has 0 saturated carbocycles. The highest BCUT2D eigenvalue weighted by molar-refractivity contribution is 6.54. The second-order valence-corrected chi connectivity index (χ2v) is 7.14. The minimum Gasteiger partial charge on any atom is -0.166 e. The van der Waals surface area contributed by atoms with Gasteiger partial charge in [-0.25, -0.2) is 0 Å². The molecule has 0 aromatic heterocycles. The van der Waals surface area contributed by atoms with Crippen molar-refractivity contribution in [3.05, 3.63) is 42.0 Å². The van der Waals surface area contributed by atoms with Gasteiger partial charge in [-0.2, -0.15) is 13.2 Å². The van der Waals surface area contributed by atoms with Gasteiger partial charge in [0.2, 0.25) is 0 Å². The Morgan fingerprint density at radius 3 is 2.60 bits per heavy atom. The Hall–Kier alpha value is -0.743. The number of rotatable bonds is 8. The van der Waals surface area contributed by atoms with Crippen LogP contribution in [0.5, 0.6) is 0 Å². The van der Waals surface area contributed by atoms with E-state index in [4.69, 9.17) is 11.6 Å². The van der Waals surface area contributed by atoms with Crippen LogP contribution in [0.3, 0.4) is 0 Å². The van der Waals surface area contributed by atoms with E-state index in [0.717, 1.165) is 48.6 Å². The van der Waals surface area contributed by atoms with Crippen molar-refractivity contribution in [2.24, 2.45) is 0 Å². The number of hydrogen-bond acceptors (Lipinski definition) is 0. The van der Waals surface area contributed by atoms with Crippen LogP contribution in [0.25, 0.3) is 0 Å². The van der Waals surface area contributed by atoms with Crippen LogP contribution in [0.1, 0.15) is 31.2 Å². The molecule has 0 atom stereocenters. The van der Waals surface area contributed by atoms with Crippen molar-refractivity contribution in [3.63, 3.8) is 0 Å². The molecule has 112 valence electrons. The highest BCUT2D eigenvalue weighted by atomic mass is 35.5. The average molecular weight is 321 g/mol. The Bertz CT molecular complexity index is 429. The Kier molecular flexibility index (Phi) is 7.38. The summed E-state index contributed by atoms with van der Waals surface area (Å²) in [7, 11) is -0.703. The molecule has 20 heavy (non-hydrogen) atoms. The van der Waals surface area contributed by atoms with Crippen LogP contribution < -0.4 is 5.19 Å². The molecule has 0 aliphatic carbocycles. The van der Waals surface area contributed by atoms with Crippen molar-refractivity contribution in [1.29, 1.82) is 0 Å². The zero-order chi connectivity index (χ0) is 15.0. The van der Waals surface area contributed by atoms with Gasteiger partial charge in [0, 0.05) is 5.88 Å². The molecule has 5 heteroatoms. The van der Waals surface area contributed by atoms with E-state index in [-0.39, 0.29) is 0 Å². The first-order valence-corrected chi connectivity index (χ1v) is 9.06. The Morgan fingerprint density at radius 2 is 1.95 bits per heavy atom. The molecule has 0 aliphatic rings. The summed E-state index contributed by atoms with van der Waals surface area (Å²) in [5, 5.41) is 0.849. The lowest BCUT2D eigenvalue weighted by Gasteiger charge is -2.09. The molecule has 0 fully saturated rings. The molecule has 0 nitrogen and oxygen atoms in total. The molecule has 0 radical (unpaired) electrons. The van der Waals surface area contributed by atoms with E-state index in [1.165, 1.54) is 12.1 Å². The molecule has 0 amide bonds. The lowest BCUT2D eigenvalue weighted by atomic mass is 10.1. The second kappa shape index (κ2) is 8.52. The first kappa shape index (κ1) is 17.3. The maximum atomic E-state index is 12.6. The summed E-state index contributed by atoms with van der Waals surface area (Å²) < 4.78 is 37.8. The smallest absolute Gasteiger partial charge is 0.166 e. The standard InChI is InChI=1S/C15H20ClF3Si/c1-12(6-3-2-4-9-16)11-20-14-8-5-7-13(10-14)15(17,18)19/h5,7-8,10H,1-4,6,9,11,20H2. The molecule has 1 aromatic carbocycles. The minimum absolute atomic E-state index is 0.546. The molecule has 0 bridgehead atoms. The molecule has 1 rings (SSSR count). The zero-order valence-corrected chi connectivity index (χ0v) is 13.6. The summed E-state index contributed by atoms with van der Waals surface area (Å²) in [4.78, 5) is 0. The number of halogens is 4. The number of allylic oxidation sites excluding steroid dienone is 1. The van der Waals surface area contributed by atoms with E-state index in [1.807, 2.05) is 0 Å². The molecule has 0 saturated heterocycles. The number of alkyl halides is 4. The van der Waals surface area contributed by atoms with Crippen LogP contribution in [0.15, 0.2) is 36.4 Å². The normalized spacial score (nSPS) is 12.2. The molecule has 0 aliphatic heterocycles. The summed E-state index contributed by atoms with van der Waals surface area (Å²) in [6, 6.07) is 6.57. The second-order valence-electron chi connectivity index (χ2n) is 4.95. The van der Waals surface area contributed by atoms with Crippen LogP contribution in [0.4, 0.5) is 13.2 Å². The largest absolute Gasteiger partial charge is 0.416 e. The van der Waals surface area contributed by atoms with Crippen LogP contribution in [-0.2, 0) is 6.18 Å². The molecule has 0 unspecified atom stereocenters. The van der Waals surface area contributed by atoms with Crippen molar-refractivity contribution in [2.75, 3.05) is 5.88 Å². The molecular formula is C15H20ClF3Si. The SMILES string of the molecule is C=C(CCCCCCl)C[SiH2]c1cccc(C(F)(F)F)c1. The van der Waals surface area contributed by atoms with E-state index in [2.05, 4.69) is 6.58 Å². The Labute approximate surface area is 125 Å². The zero-order valence-electron chi connectivity index (χ0n) is 11.5. The highest BCUT2D eigenvalue weighted by Crippen LogP contribution is 2.28. The first-order valence-electron chi connectivity index (χ1n) is 6.82. The van der Waals surface area contributed by atoms with Gasteiger partial charge in [-0.3, -0.25) is 0 Å². The van der Waals surface area contributed by atoms with E-state index in [9.17, 15) is 13.2 Å². The lowest BCUT2D eigenvalue weighted by molar-refractivity contribution is -0.137. The van der Waals surface area contributed by atoms with Gasteiger partial charge in [-0.15, -0.1) is 18.2 Å². The Morgan fingerprint density at radius 1 is 1.20 bits per heavy atom. The van der Waals surface area contributed by atoms with Crippen molar-refractivity contribution in [3.8, 4) is 0 Å². The summed E-state index contributed by atoms with van der Waals surface area (Å²) >= 11 is 5.60. The Balaban J connectivity index is 2.40. The van der Waals surface area contributed by atoms with Gasteiger partial charge in [0.05, 0.1) is 15.1 Å². The summed E-state index contributed by atoms with van der Waals surface area (Å²) in [6.07, 6.45) is -0.109. The molecule has 1 aromatic rings. The topological polar surface area (TPSA) is 0 Å². The van der Waals surface area contributed by atoms with Crippen molar-refractivity contribution in [2.45, 2.75) is 37.9 Å². The number of benzene rings is 1. The first-order chi connectivity index (χ1) is 9.43. The maximum absolute atomic E-state index is 12.6. The van der Waals surface area contributed by atoms with E-state index in [1.54, 1.807) is 6.07 Å². The van der Waals surface area contributed by atoms with Crippen LogP contribution in [0, 0.1) is 0 Å². The van der Waals surface area contributed by atoms with Gasteiger partial charge in [-0.1, -0.05) is 41.4 Å². The van der Waals surface area contributed by atoms with E-state index >= 15 is 0 Å². The van der Waals surface area contributed by atoms with Gasteiger partial charge in [0.1, 0.15) is 0 Å². The van der Waals surface area contributed by atoms with E-state index < -0.39 is 21.3 Å². The third-order valence-electron chi connectivity index (χ3n) is 3.19. The summed E-state index contributed by atoms with van der Waals surface area (Å²) in [6.45, 7) is 4.02. The van der Waals surface area contributed by atoms with Gasteiger partial charge in [0.15, 0.2) is 0 Å². The third-order valence-corrected chi connectivity index (χ3v) is 5.43. The van der Waals surface area contributed by atoms with Crippen molar-refractivity contribution < 1.29 is 13.2 Å². The molecule has 0 spiro atoms. The lowest BCUT2D eigenvalue weighted by Crippen LogP contribution is -2.17. The van der Waals surface area contributed by atoms with Gasteiger partial charge >= 0.3 is 6.18 Å². The fourth-order valence-electron chi connectivity index (χ4n) is 2.00. The van der Waals surface area contributed by atoms with Crippen LogP contribution >= 0.6 is 11.6 Å². The van der Waals surface area contributed by atoms with Crippen LogP contribution in [0.2, 0.25) is 6.04 Å². The summed E-state index contributed by atoms with van der Waals surface area (Å²) in [5.41, 5.74) is 0.610. The van der Waals surface area contributed by atoms with Gasteiger partial charge in [0.25, 0.3) is 0 Å². The maximum Gasteiger partial charge on any atom is 0.416 e. The minimum atomic E-state index is -4.25. The highest BCUT2D eigenvalue weighted by Gasteiger charge is 2.30. The monoisotopic (exact) mass is 320 g/mol. The predicted molar refractivity (Wildman–Crippen MR) is 82.8 cm³/mol. The fourth-order valence-corrected chi connectivity index (χ4v) is 3.74. The molecule has 0 N–H and O–H groups in total. The van der Waals surface area contributed by atoms with Crippen molar-refractivity contribution in [1.82, 2.24) is 0 Å². The number of hydrogen-bond donors (Lipinski definition) is 0. The number of unbranched alkanes of at least 4 members (excludes halogenated alkanes) is 2. The van der Waals surface area contributed by atoms with Crippen LogP contribution in [-0.4, -0.2) is 15.4 Å². The molecular weight excluding hydrogens is 301 g/mol. The average Bonchev–Trinajstić information content (AvgIpc) is 2.41. The van der Waals surface area contributed by atoms with Gasteiger partial charge in [-0.05, 0) is 25.3 Å². The molecule has 0 heterocycles. The van der Waals surface area contributed by atoms with E-state index in [0.29, 0.717) is 5.88 Å². The fraction of sp³-hybridized carbons (Fsp3) is 0.467.